The van der Waals surface area contributed by atoms with Crippen molar-refractivity contribution in [2.75, 3.05) is 33.8 Å². The lowest BCUT2D eigenvalue weighted by Crippen LogP contribution is -2.53. The van der Waals surface area contributed by atoms with Gasteiger partial charge in [-0.05, 0) is 55.5 Å². The van der Waals surface area contributed by atoms with Gasteiger partial charge >= 0.3 is 0 Å². The quantitative estimate of drug-likeness (QED) is 0.807. The normalized spacial score (nSPS) is 24.7. The van der Waals surface area contributed by atoms with Gasteiger partial charge in [0.05, 0.1) is 7.11 Å². The van der Waals surface area contributed by atoms with Gasteiger partial charge in [-0.2, -0.15) is 0 Å². The van der Waals surface area contributed by atoms with Crippen LogP contribution < -0.4 is 10.1 Å². The molecular formula is C16H25BrCl2N2O. The zero-order valence-corrected chi connectivity index (χ0v) is 16.3. The van der Waals surface area contributed by atoms with Crippen molar-refractivity contribution >= 4 is 40.7 Å². The summed E-state index contributed by atoms with van der Waals surface area (Å²) in [5, 5.41) is 3.54. The van der Waals surface area contributed by atoms with Crippen molar-refractivity contribution in [3.63, 3.8) is 0 Å². The molecule has 1 N–H and O–H groups in total. The summed E-state index contributed by atoms with van der Waals surface area (Å²) in [4.78, 5) is 2.52. The Morgan fingerprint density at radius 3 is 2.73 bits per heavy atom. The molecule has 1 saturated heterocycles. The minimum absolute atomic E-state index is 0. The third-order valence-corrected chi connectivity index (χ3v) is 5.63. The summed E-state index contributed by atoms with van der Waals surface area (Å²) in [6, 6.07) is 4.86. The van der Waals surface area contributed by atoms with Crippen LogP contribution >= 0.6 is 40.7 Å². The molecule has 1 heterocycles. The Hall–Kier alpha value is -0.000000000000000222. The summed E-state index contributed by atoms with van der Waals surface area (Å²) in [7, 11) is 4.04. The molecule has 0 radical (unpaired) electrons. The standard InChI is InChI=1S/C16H23BrN2O.2ClH/c1-19-8-7-18-10-15(19)11-3-4-12-13(9-11)16(20-2)6-5-14(12)17;;/h5-6,11,15,18H,3-4,7-10H2,1-2H3;2*1H. The highest BCUT2D eigenvalue weighted by atomic mass is 79.9. The number of likely N-dealkylation sites (N-methyl/N-ethyl adjacent to an activating group) is 1. The topological polar surface area (TPSA) is 24.5 Å². The smallest absolute Gasteiger partial charge is 0.122 e. The van der Waals surface area contributed by atoms with Gasteiger partial charge in [0.25, 0.3) is 0 Å². The van der Waals surface area contributed by atoms with Gasteiger partial charge in [0, 0.05) is 30.1 Å². The van der Waals surface area contributed by atoms with E-state index >= 15 is 0 Å². The van der Waals surface area contributed by atoms with Crippen molar-refractivity contribution in [1.29, 1.82) is 0 Å². The van der Waals surface area contributed by atoms with Gasteiger partial charge in [-0.25, -0.2) is 0 Å². The van der Waals surface area contributed by atoms with Crippen LogP contribution in [0.3, 0.4) is 0 Å². The highest BCUT2D eigenvalue weighted by molar-refractivity contribution is 9.10. The number of benzene rings is 1. The lowest BCUT2D eigenvalue weighted by molar-refractivity contribution is 0.132. The minimum Gasteiger partial charge on any atom is -0.496 e. The molecule has 1 fully saturated rings. The summed E-state index contributed by atoms with van der Waals surface area (Å²) >= 11 is 3.69. The molecule has 1 aromatic carbocycles. The van der Waals surface area contributed by atoms with Crippen molar-refractivity contribution in [1.82, 2.24) is 10.2 Å². The predicted molar refractivity (Wildman–Crippen MR) is 100.0 cm³/mol. The van der Waals surface area contributed by atoms with E-state index in [-0.39, 0.29) is 24.8 Å². The molecule has 1 aliphatic heterocycles. The Balaban J connectivity index is 0.00000121. The van der Waals surface area contributed by atoms with Gasteiger partial charge in [0.15, 0.2) is 0 Å². The Morgan fingerprint density at radius 2 is 2.05 bits per heavy atom. The molecule has 2 aliphatic rings. The van der Waals surface area contributed by atoms with Gasteiger partial charge in [-0.1, -0.05) is 15.9 Å². The number of nitrogens with zero attached hydrogens (tertiary/aromatic N) is 1. The van der Waals surface area contributed by atoms with Crippen molar-refractivity contribution in [3.8, 4) is 5.75 Å². The maximum absolute atomic E-state index is 5.58. The van der Waals surface area contributed by atoms with E-state index < -0.39 is 0 Å². The Bertz CT molecular complexity index is 501. The third kappa shape index (κ3) is 3.90. The molecule has 0 bridgehead atoms. The lowest BCUT2D eigenvalue weighted by atomic mass is 9.78. The number of hydrogen-bond acceptors (Lipinski definition) is 3. The molecule has 22 heavy (non-hydrogen) atoms. The second-order valence-electron chi connectivity index (χ2n) is 5.96. The van der Waals surface area contributed by atoms with Gasteiger partial charge < -0.3 is 15.0 Å². The first-order valence-electron chi connectivity index (χ1n) is 7.46. The predicted octanol–water partition coefficient (Wildman–Crippen LogP) is 3.31. The maximum Gasteiger partial charge on any atom is 0.122 e. The highest BCUT2D eigenvalue weighted by Gasteiger charge is 2.32. The summed E-state index contributed by atoms with van der Waals surface area (Å²) in [5.41, 5.74) is 2.86. The first-order valence-corrected chi connectivity index (χ1v) is 8.25. The van der Waals surface area contributed by atoms with Gasteiger partial charge in [0.2, 0.25) is 0 Å². The fourth-order valence-electron chi connectivity index (χ4n) is 3.70. The molecule has 0 saturated carbocycles. The van der Waals surface area contributed by atoms with Crippen LogP contribution in [0.5, 0.6) is 5.75 Å². The maximum atomic E-state index is 5.58. The van der Waals surface area contributed by atoms with E-state index in [0.717, 1.165) is 44.1 Å². The van der Waals surface area contributed by atoms with Gasteiger partial charge in [0.1, 0.15) is 5.75 Å². The molecule has 1 aliphatic carbocycles. The number of fused-ring (bicyclic) bond motifs is 1. The van der Waals surface area contributed by atoms with E-state index in [4.69, 9.17) is 4.74 Å². The number of hydrogen-bond donors (Lipinski definition) is 1. The van der Waals surface area contributed by atoms with Crippen LogP contribution in [0.4, 0.5) is 0 Å². The molecule has 2 unspecified atom stereocenters. The fourth-order valence-corrected chi connectivity index (χ4v) is 4.27. The van der Waals surface area contributed by atoms with Crippen molar-refractivity contribution in [3.05, 3.63) is 27.7 Å². The molecule has 0 spiro atoms. The summed E-state index contributed by atoms with van der Waals surface area (Å²) in [5.74, 6) is 1.78. The highest BCUT2D eigenvalue weighted by Crippen LogP contribution is 2.38. The number of methoxy groups -OCH3 is 1. The number of piperazine rings is 1. The van der Waals surface area contributed by atoms with Crippen LogP contribution in [0.25, 0.3) is 0 Å². The second kappa shape index (κ2) is 8.74. The van der Waals surface area contributed by atoms with Crippen LogP contribution in [0.2, 0.25) is 0 Å². The Morgan fingerprint density at radius 1 is 1.27 bits per heavy atom. The number of ether oxygens (including phenoxy) is 1. The van der Waals surface area contributed by atoms with E-state index in [0.29, 0.717) is 6.04 Å². The van der Waals surface area contributed by atoms with Gasteiger partial charge in [-0.15, -0.1) is 24.8 Å². The number of rotatable bonds is 2. The van der Waals surface area contributed by atoms with Crippen LogP contribution in [0, 0.1) is 5.92 Å². The van der Waals surface area contributed by atoms with E-state index in [1.165, 1.54) is 22.0 Å². The number of nitrogens with one attached hydrogen (secondary N) is 1. The molecular weight excluding hydrogens is 387 g/mol. The largest absolute Gasteiger partial charge is 0.496 e. The fraction of sp³-hybridized carbons (Fsp3) is 0.625. The first-order chi connectivity index (χ1) is 9.70. The van der Waals surface area contributed by atoms with Crippen LogP contribution in [0.1, 0.15) is 17.5 Å². The molecule has 1 aromatic rings. The average Bonchev–Trinajstić information content (AvgIpc) is 2.48. The summed E-state index contributed by atoms with van der Waals surface area (Å²) in [6.07, 6.45) is 3.56. The van der Waals surface area contributed by atoms with Crippen LogP contribution in [0.15, 0.2) is 16.6 Å². The zero-order valence-electron chi connectivity index (χ0n) is 13.1. The summed E-state index contributed by atoms with van der Waals surface area (Å²) < 4.78 is 6.82. The van der Waals surface area contributed by atoms with E-state index in [1.54, 1.807) is 7.11 Å². The Labute approximate surface area is 154 Å². The molecule has 2 atom stereocenters. The van der Waals surface area contributed by atoms with Crippen LogP contribution in [-0.4, -0.2) is 44.7 Å². The number of halogens is 3. The van der Waals surface area contributed by atoms with E-state index in [9.17, 15) is 0 Å². The van der Waals surface area contributed by atoms with E-state index in [1.807, 2.05) is 0 Å². The monoisotopic (exact) mass is 410 g/mol. The molecule has 3 nitrogen and oxygen atoms in total. The van der Waals surface area contributed by atoms with Crippen molar-refractivity contribution < 1.29 is 4.74 Å². The van der Waals surface area contributed by atoms with Gasteiger partial charge in [-0.3, -0.25) is 0 Å². The molecule has 6 heteroatoms. The van der Waals surface area contributed by atoms with Crippen molar-refractivity contribution in [2.24, 2.45) is 5.92 Å². The molecule has 126 valence electrons. The van der Waals surface area contributed by atoms with E-state index in [2.05, 4.69) is 45.3 Å². The Kier molecular flexibility index (Phi) is 7.96. The first kappa shape index (κ1) is 20.0. The summed E-state index contributed by atoms with van der Waals surface area (Å²) in [6.45, 7) is 3.39. The minimum atomic E-state index is 0. The van der Waals surface area contributed by atoms with Crippen LogP contribution in [-0.2, 0) is 12.8 Å². The SMILES string of the molecule is COc1ccc(Br)c2c1CC(C1CNCCN1C)CC2.Cl.Cl. The zero-order chi connectivity index (χ0) is 14.1. The second-order valence-corrected chi connectivity index (χ2v) is 6.82. The van der Waals surface area contributed by atoms with Crippen molar-refractivity contribution in [2.45, 2.75) is 25.3 Å². The third-order valence-electron chi connectivity index (χ3n) is 4.89. The molecule has 0 amide bonds. The molecule has 3 rings (SSSR count). The average molecular weight is 412 g/mol. The molecule has 0 aromatic heterocycles. The lowest BCUT2D eigenvalue weighted by Gasteiger charge is -2.40.